The van der Waals surface area contributed by atoms with Crippen LogP contribution in [0.25, 0.3) is 87.6 Å². The van der Waals surface area contributed by atoms with Crippen molar-refractivity contribution < 1.29 is 4.42 Å². The van der Waals surface area contributed by atoms with Crippen LogP contribution in [0.2, 0.25) is 0 Å². The monoisotopic (exact) mass is 713 g/mol. The molecule has 262 valence electrons. The van der Waals surface area contributed by atoms with Gasteiger partial charge in [0.2, 0.25) is 0 Å². The van der Waals surface area contributed by atoms with E-state index in [9.17, 15) is 0 Å². The van der Waals surface area contributed by atoms with Gasteiger partial charge in [-0.05, 0) is 73.5 Å². The standard InChI is InChI=1S/C54H35NO/c1-3-16-36(17-4-1)37-32-34-40(35-33-37)55(49-30-13-21-38-18-7-8-22-41(38)49)50-31-15-28-47-46-27-14-29-48(53(46)56-54(47)50)52-45-26-12-10-24-43(45)42-23-9-11-25-44(42)51(52)39-19-5-2-6-20-39/h1-35H. The van der Waals surface area contributed by atoms with Crippen molar-refractivity contribution in [3.8, 4) is 33.4 Å². The Bertz CT molecular complexity index is 3230. The van der Waals surface area contributed by atoms with E-state index in [4.69, 9.17) is 4.42 Å². The van der Waals surface area contributed by atoms with Crippen LogP contribution in [0.15, 0.2) is 217 Å². The molecule has 11 aromatic rings. The lowest BCUT2D eigenvalue weighted by atomic mass is 9.84. The largest absolute Gasteiger partial charge is 0.453 e. The summed E-state index contributed by atoms with van der Waals surface area (Å²) in [7, 11) is 0. The fraction of sp³-hybridized carbons (Fsp3) is 0. The molecule has 0 aliphatic carbocycles. The van der Waals surface area contributed by atoms with E-state index in [0.29, 0.717) is 0 Å². The summed E-state index contributed by atoms with van der Waals surface area (Å²) >= 11 is 0. The number of fused-ring (bicyclic) bond motifs is 7. The molecule has 0 N–H and O–H groups in total. The average Bonchev–Trinajstić information content (AvgIpc) is 3.67. The fourth-order valence-electron chi connectivity index (χ4n) is 8.75. The third kappa shape index (κ3) is 5.11. The number of benzene rings is 10. The summed E-state index contributed by atoms with van der Waals surface area (Å²) in [5.41, 5.74) is 11.9. The molecule has 0 saturated carbocycles. The van der Waals surface area contributed by atoms with E-state index in [1.807, 2.05) is 0 Å². The molecule has 56 heavy (non-hydrogen) atoms. The van der Waals surface area contributed by atoms with Gasteiger partial charge in [-0.1, -0.05) is 188 Å². The Hall–Kier alpha value is -7.42. The maximum atomic E-state index is 7.31. The van der Waals surface area contributed by atoms with Crippen molar-refractivity contribution in [2.45, 2.75) is 0 Å². The van der Waals surface area contributed by atoms with Crippen LogP contribution < -0.4 is 4.90 Å². The normalized spacial score (nSPS) is 11.6. The highest BCUT2D eigenvalue weighted by molar-refractivity contribution is 6.24. The molecular weight excluding hydrogens is 679 g/mol. The Labute approximate surface area is 325 Å². The van der Waals surface area contributed by atoms with Crippen LogP contribution in [-0.4, -0.2) is 0 Å². The van der Waals surface area contributed by atoms with Gasteiger partial charge in [0.25, 0.3) is 0 Å². The van der Waals surface area contributed by atoms with E-state index in [1.54, 1.807) is 0 Å². The predicted octanol–water partition coefficient (Wildman–Crippen LogP) is 15.5. The molecular formula is C54H35NO. The van der Waals surface area contributed by atoms with E-state index in [1.165, 1.54) is 60.1 Å². The number of rotatable bonds is 6. The molecule has 0 spiro atoms. The second-order valence-corrected chi connectivity index (χ2v) is 14.4. The summed E-state index contributed by atoms with van der Waals surface area (Å²) in [6.45, 7) is 0. The Morgan fingerprint density at radius 2 is 0.768 bits per heavy atom. The summed E-state index contributed by atoms with van der Waals surface area (Å²) in [4.78, 5) is 2.36. The minimum atomic E-state index is 0.848. The molecule has 1 aromatic heterocycles. The van der Waals surface area contributed by atoms with Gasteiger partial charge in [0, 0.05) is 33.0 Å². The van der Waals surface area contributed by atoms with Crippen LogP contribution in [0.3, 0.4) is 0 Å². The lowest BCUT2D eigenvalue weighted by molar-refractivity contribution is 0.670. The molecule has 0 radical (unpaired) electrons. The lowest BCUT2D eigenvalue weighted by Gasteiger charge is -2.27. The van der Waals surface area contributed by atoms with Crippen LogP contribution in [0.5, 0.6) is 0 Å². The first-order chi connectivity index (χ1) is 27.8. The maximum absolute atomic E-state index is 7.31. The topological polar surface area (TPSA) is 16.4 Å². The molecule has 0 amide bonds. The van der Waals surface area contributed by atoms with E-state index >= 15 is 0 Å². The van der Waals surface area contributed by atoms with Gasteiger partial charge in [-0.25, -0.2) is 0 Å². The summed E-state index contributed by atoms with van der Waals surface area (Å²) in [6.07, 6.45) is 0. The highest BCUT2D eigenvalue weighted by Gasteiger charge is 2.24. The van der Waals surface area contributed by atoms with Gasteiger partial charge in [0.1, 0.15) is 5.58 Å². The van der Waals surface area contributed by atoms with Gasteiger partial charge in [0.05, 0.1) is 11.4 Å². The SMILES string of the molecule is c1ccc(-c2ccc(N(c3cccc4ccccc34)c3cccc4c3oc3c(-c5c(-c6ccccc6)c6ccccc6c6ccccc56)cccc34)cc2)cc1. The smallest absolute Gasteiger partial charge is 0.159 e. The zero-order chi connectivity index (χ0) is 37.0. The molecule has 0 unspecified atom stereocenters. The summed E-state index contributed by atoms with van der Waals surface area (Å²) < 4.78 is 7.31. The molecule has 0 aliphatic rings. The average molecular weight is 714 g/mol. The van der Waals surface area contributed by atoms with Crippen molar-refractivity contribution in [1.29, 1.82) is 0 Å². The third-order valence-corrected chi connectivity index (χ3v) is 11.2. The summed E-state index contributed by atoms with van der Waals surface area (Å²) in [5, 5.41) is 9.43. The fourth-order valence-corrected chi connectivity index (χ4v) is 8.75. The van der Waals surface area contributed by atoms with Gasteiger partial charge >= 0.3 is 0 Å². The predicted molar refractivity (Wildman–Crippen MR) is 237 cm³/mol. The molecule has 0 atom stereocenters. The van der Waals surface area contributed by atoms with Gasteiger partial charge in [0.15, 0.2) is 5.58 Å². The van der Waals surface area contributed by atoms with Crippen molar-refractivity contribution in [1.82, 2.24) is 0 Å². The Morgan fingerprint density at radius 1 is 0.286 bits per heavy atom. The first-order valence-corrected chi connectivity index (χ1v) is 19.2. The second kappa shape index (κ2) is 13.2. The van der Waals surface area contributed by atoms with Gasteiger partial charge in [-0.2, -0.15) is 0 Å². The number of nitrogens with zero attached hydrogens (tertiary/aromatic N) is 1. The van der Waals surface area contributed by atoms with Crippen molar-refractivity contribution >= 4 is 71.3 Å². The van der Waals surface area contributed by atoms with E-state index in [0.717, 1.165) is 44.6 Å². The van der Waals surface area contributed by atoms with Crippen molar-refractivity contribution in [2.24, 2.45) is 0 Å². The lowest BCUT2D eigenvalue weighted by Crippen LogP contribution is -2.10. The number of anilines is 3. The Balaban J connectivity index is 1.20. The van der Waals surface area contributed by atoms with Crippen molar-refractivity contribution in [3.63, 3.8) is 0 Å². The molecule has 0 bridgehead atoms. The highest BCUT2D eigenvalue weighted by Crippen LogP contribution is 2.49. The number of hydrogen-bond acceptors (Lipinski definition) is 2. The third-order valence-electron chi connectivity index (χ3n) is 11.2. The van der Waals surface area contributed by atoms with Crippen molar-refractivity contribution in [2.75, 3.05) is 4.90 Å². The maximum Gasteiger partial charge on any atom is 0.159 e. The van der Waals surface area contributed by atoms with Crippen molar-refractivity contribution in [3.05, 3.63) is 212 Å². The van der Waals surface area contributed by atoms with Gasteiger partial charge < -0.3 is 9.32 Å². The molecule has 11 rings (SSSR count). The first-order valence-electron chi connectivity index (χ1n) is 19.2. The number of furan rings is 1. The summed E-state index contributed by atoms with van der Waals surface area (Å²) in [6, 6.07) is 76.2. The second-order valence-electron chi connectivity index (χ2n) is 14.4. The molecule has 1 heterocycles. The Morgan fingerprint density at radius 3 is 1.48 bits per heavy atom. The van der Waals surface area contributed by atoms with E-state index < -0.39 is 0 Å². The van der Waals surface area contributed by atoms with Gasteiger partial charge in [-0.15, -0.1) is 0 Å². The molecule has 2 heteroatoms. The van der Waals surface area contributed by atoms with Crippen LogP contribution in [0, 0.1) is 0 Å². The highest BCUT2D eigenvalue weighted by atomic mass is 16.3. The number of para-hydroxylation sites is 2. The molecule has 0 fully saturated rings. The molecule has 10 aromatic carbocycles. The molecule has 0 saturated heterocycles. The Kier molecular flexibility index (Phi) is 7.53. The molecule has 2 nitrogen and oxygen atoms in total. The minimum Gasteiger partial charge on any atom is -0.453 e. The zero-order valence-corrected chi connectivity index (χ0v) is 30.6. The minimum absolute atomic E-state index is 0.848. The molecule has 0 aliphatic heterocycles. The van der Waals surface area contributed by atoms with Crippen LogP contribution >= 0.6 is 0 Å². The van der Waals surface area contributed by atoms with E-state index in [-0.39, 0.29) is 0 Å². The summed E-state index contributed by atoms with van der Waals surface area (Å²) in [5.74, 6) is 0. The van der Waals surface area contributed by atoms with Crippen LogP contribution in [0.4, 0.5) is 17.1 Å². The van der Waals surface area contributed by atoms with Gasteiger partial charge in [-0.3, -0.25) is 0 Å². The van der Waals surface area contributed by atoms with Crippen LogP contribution in [-0.2, 0) is 0 Å². The zero-order valence-electron chi connectivity index (χ0n) is 30.6. The first kappa shape index (κ1) is 32.0. The quantitative estimate of drug-likeness (QED) is 0.160. The number of hydrogen-bond donors (Lipinski definition) is 0. The van der Waals surface area contributed by atoms with Crippen LogP contribution in [0.1, 0.15) is 0 Å². The van der Waals surface area contributed by atoms with E-state index in [2.05, 4.69) is 217 Å².